The summed E-state index contributed by atoms with van der Waals surface area (Å²) in [6, 6.07) is 7.68. The number of hydrogen-bond acceptors (Lipinski definition) is 6. The van der Waals surface area contributed by atoms with E-state index in [1.807, 2.05) is 12.1 Å². The van der Waals surface area contributed by atoms with Crippen LogP contribution in [-0.2, 0) is 9.53 Å². The van der Waals surface area contributed by atoms with Crippen molar-refractivity contribution in [3.05, 3.63) is 69.6 Å². The molecule has 1 amide bonds. The number of methoxy groups -OCH3 is 1. The average Bonchev–Trinajstić information content (AvgIpc) is 3.48. The highest BCUT2D eigenvalue weighted by molar-refractivity contribution is 7.14. The van der Waals surface area contributed by atoms with Crippen molar-refractivity contribution in [1.29, 1.82) is 0 Å². The zero-order valence-electron chi connectivity index (χ0n) is 25.5. The minimum Gasteiger partial charge on any atom is -0.496 e. The number of aliphatic carboxylic acids is 1. The highest BCUT2D eigenvalue weighted by Crippen LogP contribution is 2.44. The third-order valence-corrected chi connectivity index (χ3v) is 8.73. The number of ether oxygens (including phenoxy) is 2. The van der Waals surface area contributed by atoms with E-state index in [0.29, 0.717) is 24.0 Å². The van der Waals surface area contributed by atoms with Crippen LogP contribution in [0.4, 0.5) is 13.9 Å². The first-order valence-electron chi connectivity index (χ1n) is 15.2. The number of carbonyl (C=O) groups is 2. The summed E-state index contributed by atoms with van der Waals surface area (Å²) in [6.45, 7) is 4.11. The number of unbranched alkanes of at least 4 members (excludes halogenated alkanes) is 3. The second-order valence-electron chi connectivity index (χ2n) is 11.2. The fourth-order valence-corrected chi connectivity index (χ4v) is 6.33. The Bertz CT molecular complexity index is 1460. The Balaban J connectivity index is 1.56. The molecule has 10 heteroatoms. The normalized spacial score (nSPS) is 14.8. The van der Waals surface area contributed by atoms with Crippen molar-refractivity contribution in [2.75, 3.05) is 19.0 Å². The Morgan fingerprint density at radius 1 is 1.14 bits per heavy atom. The van der Waals surface area contributed by atoms with Crippen molar-refractivity contribution in [3.63, 3.8) is 0 Å². The molecule has 1 atom stereocenters. The smallest absolute Gasteiger partial charge is 0.331 e. The van der Waals surface area contributed by atoms with E-state index in [1.54, 1.807) is 12.5 Å². The molecular formula is C34H40F2N2O5S. The van der Waals surface area contributed by atoms with Crippen LogP contribution in [0.5, 0.6) is 5.75 Å². The van der Waals surface area contributed by atoms with Gasteiger partial charge in [-0.15, -0.1) is 11.3 Å². The van der Waals surface area contributed by atoms with Gasteiger partial charge >= 0.3 is 5.97 Å². The summed E-state index contributed by atoms with van der Waals surface area (Å²) in [7, 11) is 1.64. The lowest BCUT2D eigenvalue weighted by atomic mass is 9.82. The minimum atomic E-state index is -1.30. The molecule has 1 aromatic heterocycles. The number of halogens is 2. The van der Waals surface area contributed by atoms with E-state index in [2.05, 4.69) is 23.3 Å². The number of aromatic nitrogens is 1. The predicted molar refractivity (Wildman–Crippen MR) is 169 cm³/mol. The van der Waals surface area contributed by atoms with Gasteiger partial charge in [0.25, 0.3) is 5.91 Å². The standard InChI is InChI=1S/C34H40F2N2O5S/c1-4-5-6-10-16-43-30(22-12-8-7-9-13-22)25-15-11-14-24(31(25)42-3)29-20-44-34(37-29)38-32(39)23-18-27(35)26(28(36)19-23)17-21(2)33(40)41/h11,14-15,17-20,22,30H,4-10,12-13,16H2,1-3H3,(H,40,41)(H,37,38,39)/b21-17+. The maximum absolute atomic E-state index is 14.6. The first-order valence-corrected chi connectivity index (χ1v) is 16.1. The molecule has 1 unspecified atom stereocenters. The quantitative estimate of drug-likeness (QED) is 0.137. The van der Waals surface area contributed by atoms with Gasteiger partial charge < -0.3 is 14.6 Å². The molecule has 0 aliphatic heterocycles. The van der Waals surface area contributed by atoms with Crippen LogP contribution in [0.1, 0.15) is 99.2 Å². The molecule has 1 aliphatic rings. The highest BCUT2D eigenvalue weighted by atomic mass is 32.1. The molecule has 44 heavy (non-hydrogen) atoms. The maximum atomic E-state index is 14.6. The Kier molecular flexibility index (Phi) is 12.0. The zero-order chi connectivity index (χ0) is 31.6. The number of para-hydroxylation sites is 1. The fourth-order valence-electron chi connectivity index (χ4n) is 5.62. The Hall–Kier alpha value is -3.63. The lowest BCUT2D eigenvalue weighted by Gasteiger charge is -2.32. The Morgan fingerprint density at radius 3 is 2.52 bits per heavy atom. The van der Waals surface area contributed by atoms with Crippen LogP contribution in [0.3, 0.4) is 0 Å². The molecule has 3 aromatic rings. The second kappa shape index (κ2) is 15.9. The predicted octanol–water partition coefficient (Wildman–Crippen LogP) is 9.06. The van der Waals surface area contributed by atoms with Crippen molar-refractivity contribution >= 4 is 34.4 Å². The molecule has 2 N–H and O–H groups in total. The number of benzene rings is 2. The molecule has 4 rings (SSSR count). The second-order valence-corrected chi connectivity index (χ2v) is 12.0. The number of amides is 1. The lowest BCUT2D eigenvalue weighted by molar-refractivity contribution is -0.132. The van der Waals surface area contributed by atoms with E-state index in [1.165, 1.54) is 50.4 Å². The Labute approximate surface area is 261 Å². The molecule has 2 aromatic carbocycles. The van der Waals surface area contributed by atoms with Crippen molar-refractivity contribution in [1.82, 2.24) is 4.98 Å². The van der Waals surface area contributed by atoms with E-state index in [9.17, 15) is 18.4 Å². The molecule has 236 valence electrons. The van der Waals surface area contributed by atoms with E-state index in [4.69, 9.17) is 14.6 Å². The summed E-state index contributed by atoms with van der Waals surface area (Å²) in [4.78, 5) is 28.5. The first-order chi connectivity index (χ1) is 21.2. The number of nitrogens with zero attached hydrogens (tertiary/aromatic N) is 1. The molecule has 0 radical (unpaired) electrons. The number of hydrogen-bond donors (Lipinski definition) is 2. The van der Waals surface area contributed by atoms with Crippen LogP contribution in [0, 0.1) is 17.6 Å². The van der Waals surface area contributed by atoms with Crippen molar-refractivity contribution in [2.45, 2.75) is 77.7 Å². The number of carbonyl (C=O) groups excluding carboxylic acids is 1. The van der Waals surface area contributed by atoms with Gasteiger partial charge in [0.15, 0.2) is 5.13 Å². The van der Waals surface area contributed by atoms with Crippen molar-refractivity contribution < 1.29 is 33.0 Å². The molecule has 1 aliphatic carbocycles. The Morgan fingerprint density at radius 2 is 1.86 bits per heavy atom. The van der Waals surface area contributed by atoms with Gasteiger partial charge in [0.2, 0.25) is 0 Å². The monoisotopic (exact) mass is 626 g/mol. The summed E-state index contributed by atoms with van der Waals surface area (Å²) in [5, 5.41) is 13.7. The van der Waals surface area contributed by atoms with Gasteiger partial charge in [-0.2, -0.15) is 0 Å². The van der Waals surface area contributed by atoms with E-state index in [0.717, 1.165) is 55.0 Å². The van der Waals surface area contributed by atoms with E-state index >= 15 is 0 Å². The van der Waals surface area contributed by atoms with Crippen LogP contribution in [0.15, 0.2) is 41.3 Å². The summed E-state index contributed by atoms with van der Waals surface area (Å²) in [5.41, 5.74) is 1.33. The van der Waals surface area contributed by atoms with E-state index in [-0.39, 0.29) is 22.4 Å². The third kappa shape index (κ3) is 8.30. The molecule has 7 nitrogen and oxygen atoms in total. The topological polar surface area (TPSA) is 97.8 Å². The molecular weight excluding hydrogens is 586 g/mol. The minimum absolute atomic E-state index is 0.0912. The number of carboxylic acid groups (broad SMARTS) is 1. The fraction of sp³-hybridized carbons (Fsp3) is 0.441. The van der Waals surface area contributed by atoms with Crippen LogP contribution < -0.4 is 10.1 Å². The van der Waals surface area contributed by atoms with Gasteiger partial charge in [0.1, 0.15) is 17.4 Å². The number of rotatable bonds is 14. The molecule has 0 bridgehead atoms. The van der Waals surface area contributed by atoms with Gasteiger partial charge in [-0.1, -0.05) is 57.6 Å². The summed E-state index contributed by atoms with van der Waals surface area (Å²) < 4.78 is 41.8. The van der Waals surface area contributed by atoms with Crippen molar-refractivity contribution in [2.24, 2.45) is 5.92 Å². The third-order valence-electron chi connectivity index (χ3n) is 7.97. The average molecular weight is 627 g/mol. The molecule has 1 fully saturated rings. The maximum Gasteiger partial charge on any atom is 0.331 e. The lowest BCUT2D eigenvalue weighted by Crippen LogP contribution is -2.20. The molecule has 0 saturated heterocycles. The van der Waals surface area contributed by atoms with Gasteiger partial charge in [0, 0.05) is 39.8 Å². The van der Waals surface area contributed by atoms with Gasteiger partial charge in [0.05, 0.1) is 18.9 Å². The number of nitrogens with one attached hydrogen (secondary N) is 1. The van der Waals surface area contributed by atoms with Crippen LogP contribution >= 0.6 is 11.3 Å². The van der Waals surface area contributed by atoms with Crippen LogP contribution in [-0.4, -0.2) is 35.7 Å². The summed E-state index contributed by atoms with van der Waals surface area (Å²) >= 11 is 1.18. The van der Waals surface area contributed by atoms with Gasteiger partial charge in [-0.25, -0.2) is 18.6 Å². The van der Waals surface area contributed by atoms with Gasteiger partial charge in [-0.05, 0) is 56.4 Å². The number of anilines is 1. The SMILES string of the molecule is CCCCCCOC(c1cccc(-c2csc(NC(=O)c3cc(F)c(/C=C(\C)C(=O)O)c(F)c3)n2)c1OC)C1CCCCC1. The summed E-state index contributed by atoms with van der Waals surface area (Å²) in [5.74, 6) is -3.05. The van der Waals surface area contributed by atoms with Crippen LogP contribution in [0.25, 0.3) is 17.3 Å². The first kappa shape index (κ1) is 33.3. The molecule has 1 heterocycles. The molecule has 0 spiro atoms. The molecule has 1 saturated carbocycles. The number of carboxylic acids is 1. The largest absolute Gasteiger partial charge is 0.496 e. The van der Waals surface area contributed by atoms with Crippen molar-refractivity contribution in [3.8, 4) is 17.0 Å². The van der Waals surface area contributed by atoms with Crippen LogP contribution in [0.2, 0.25) is 0 Å². The van der Waals surface area contributed by atoms with E-state index < -0.39 is 29.1 Å². The zero-order valence-corrected chi connectivity index (χ0v) is 26.3. The summed E-state index contributed by atoms with van der Waals surface area (Å²) in [6.07, 6.45) is 11.2. The highest BCUT2D eigenvalue weighted by Gasteiger charge is 2.29. The number of thiazole rings is 1. The van der Waals surface area contributed by atoms with Gasteiger partial charge in [-0.3, -0.25) is 10.1 Å².